The Hall–Kier alpha value is -2.26. The zero-order valence-electron chi connectivity index (χ0n) is 21.0. The molecule has 2 aliphatic carbocycles. The molecule has 2 aromatic rings. The van der Waals surface area contributed by atoms with Crippen LogP contribution in [0.1, 0.15) is 63.5 Å². The molecule has 1 aromatic carbocycles. The summed E-state index contributed by atoms with van der Waals surface area (Å²) in [5, 5.41) is 7.90. The van der Waals surface area contributed by atoms with Gasteiger partial charge in [0.05, 0.1) is 30.1 Å². The Morgan fingerprint density at radius 3 is 2.32 bits per heavy atom. The van der Waals surface area contributed by atoms with E-state index in [1.54, 1.807) is 18.3 Å². The molecule has 1 saturated heterocycles. The van der Waals surface area contributed by atoms with Gasteiger partial charge in [-0.3, -0.25) is 4.79 Å². The van der Waals surface area contributed by atoms with Crippen molar-refractivity contribution in [1.29, 1.82) is 0 Å². The summed E-state index contributed by atoms with van der Waals surface area (Å²) in [6.45, 7) is 4.35. The van der Waals surface area contributed by atoms with Crippen LogP contribution < -0.4 is 15.8 Å². The average Bonchev–Trinajstić information content (AvgIpc) is 3.71. The third kappa shape index (κ3) is 6.08. The zero-order valence-corrected chi connectivity index (χ0v) is 21.8. The highest BCUT2D eigenvalue weighted by atomic mass is 35.5. The van der Waals surface area contributed by atoms with Crippen LogP contribution in [0.4, 0.5) is 24.5 Å². The second-order valence-corrected chi connectivity index (χ2v) is 11.3. The number of alkyl halides is 3. The summed E-state index contributed by atoms with van der Waals surface area (Å²) < 4.78 is 46.2. The van der Waals surface area contributed by atoms with Crippen LogP contribution in [0.25, 0.3) is 0 Å². The van der Waals surface area contributed by atoms with E-state index in [4.69, 9.17) is 16.3 Å². The maximum atomic E-state index is 13.1. The average molecular weight is 539 g/mol. The Balaban J connectivity index is 1.22. The Bertz CT molecular complexity index is 1130. The molecule has 5 rings (SSSR count). The molecular weight excluding hydrogens is 505 g/mol. The van der Waals surface area contributed by atoms with Crippen molar-refractivity contribution in [1.82, 2.24) is 9.78 Å². The van der Waals surface area contributed by atoms with Crippen molar-refractivity contribution in [2.45, 2.75) is 76.2 Å². The number of aromatic nitrogens is 2. The third-order valence-corrected chi connectivity index (χ3v) is 8.22. The minimum atomic E-state index is -4.34. The van der Waals surface area contributed by atoms with Gasteiger partial charge in [-0.1, -0.05) is 18.5 Å². The van der Waals surface area contributed by atoms with Crippen molar-refractivity contribution in [3.8, 4) is 0 Å². The summed E-state index contributed by atoms with van der Waals surface area (Å²) in [6.07, 6.45) is 3.70. The van der Waals surface area contributed by atoms with Gasteiger partial charge in [-0.2, -0.15) is 18.3 Å². The molecule has 37 heavy (non-hydrogen) atoms. The SMILES string of the molecule is C[C@@H]1COC[C@@H](CNc2cnn([C@H]3CC[C@H](N(c4ccc(C(F)(F)F)cc4)C4CC4)CC3)c(=O)c2Cl)C1. The molecule has 1 aromatic heterocycles. The summed E-state index contributed by atoms with van der Waals surface area (Å²) in [5.41, 5.74) is 0.477. The van der Waals surface area contributed by atoms with Gasteiger partial charge >= 0.3 is 6.18 Å². The van der Waals surface area contributed by atoms with E-state index in [1.807, 2.05) is 0 Å². The summed E-state index contributed by atoms with van der Waals surface area (Å²) in [5.74, 6) is 0.893. The lowest BCUT2D eigenvalue weighted by Gasteiger charge is -2.39. The van der Waals surface area contributed by atoms with Crippen LogP contribution >= 0.6 is 11.6 Å². The number of benzene rings is 1. The van der Waals surface area contributed by atoms with Gasteiger partial charge in [0, 0.05) is 30.9 Å². The van der Waals surface area contributed by atoms with Gasteiger partial charge in [-0.15, -0.1) is 0 Å². The van der Waals surface area contributed by atoms with Crippen molar-refractivity contribution < 1.29 is 17.9 Å². The van der Waals surface area contributed by atoms with Gasteiger partial charge in [0.2, 0.25) is 0 Å². The fraction of sp³-hybridized carbons (Fsp3) is 0.630. The predicted octanol–water partition coefficient (Wildman–Crippen LogP) is 6.15. The molecule has 10 heteroatoms. The zero-order chi connectivity index (χ0) is 26.2. The minimum absolute atomic E-state index is 0.0449. The Morgan fingerprint density at radius 2 is 1.73 bits per heavy atom. The topological polar surface area (TPSA) is 59.4 Å². The summed E-state index contributed by atoms with van der Waals surface area (Å²) in [6, 6.07) is 6.06. The molecule has 0 spiro atoms. The van der Waals surface area contributed by atoms with Crippen LogP contribution in [-0.4, -0.2) is 41.6 Å². The molecule has 3 aliphatic rings. The highest BCUT2D eigenvalue weighted by Crippen LogP contribution is 2.40. The van der Waals surface area contributed by atoms with Gasteiger partial charge in [0.1, 0.15) is 5.02 Å². The van der Waals surface area contributed by atoms with Crippen LogP contribution in [0.5, 0.6) is 0 Å². The Labute approximate surface area is 220 Å². The molecule has 2 atom stereocenters. The lowest BCUT2D eigenvalue weighted by molar-refractivity contribution is -0.137. The highest BCUT2D eigenvalue weighted by molar-refractivity contribution is 6.32. The maximum Gasteiger partial charge on any atom is 0.416 e. The fourth-order valence-electron chi connectivity index (χ4n) is 5.84. The van der Waals surface area contributed by atoms with E-state index in [2.05, 4.69) is 22.2 Å². The molecule has 1 aliphatic heterocycles. The number of ether oxygens (including phenoxy) is 1. The monoisotopic (exact) mass is 538 g/mol. The summed E-state index contributed by atoms with van der Waals surface area (Å²) >= 11 is 6.46. The first-order valence-corrected chi connectivity index (χ1v) is 13.6. The molecule has 0 bridgehead atoms. The smallest absolute Gasteiger partial charge is 0.382 e. The number of hydrogen-bond acceptors (Lipinski definition) is 5. The lowest BCUT2D eigenvalue weighted by Crippen LogP contribution is -2.41. The van der Waals surface area contributed by atoms with Crippen molar-refractivity contribution in [3.05, 3.63) is 51.4 Å². The summed E-state index contributed by atoms with van der Waals surface area (Å²) in [7, 11) is 0. The van der Waals surface area contributed by atoms with E-state index in [-0.39, 0.29) is 22.7 Å². The normalized spacial score (nSPS) is 26.6. The third-order valence-electron chi connectivity index (χ3n) is 7.85. The molecule has 3 fully saturated rings. The number of halogens is 4. The quantitative estimate of drug-likeness (QED) is 0.458. The van der Waals surface area contributed by atoms with Gasteiger partial charge in [0.15, 0.2) is 0 Å². The minimum Gasteiger partial charge on any atom is -0.382 e. The van der Waals surface area contributed by atoms with E-state index in [9.17, 15) is 18.0 Å². The molecule has 6 nitrogen and oxygen atoms in total. The molecule has 202 valence electrons. The number of rotatable bonds is 7. The van der Waals surface area contributed by atoms with Crippen molar-refractivity contribution in [2.24, 2.45) is 11.8 Å². The van der Waals surface area contributed by atoms with Crippen molar-refractivity contribution >= 4 is 23.0 Å². The van der Waals surface area contributed by atoms with Crippen LogP contribution in [0.15, 0.2) is 35.3 Å². The number of nitrogens with zero attached hydrogens (tertiary/aromatic N) is 3. The van der Waals surface area contributed by atoms with Crippen LogP contribution in [0, 0.1) is 11.8 Å². The van der Waals surface area contributed by atoms with Gasteiger partial charge in [-0.25, -0.2) is 4.68 Å². The van der Waals surface area contributed by atoms with Crippen LogP contribution in [0.3, 0.4) is 0 Å². The largest absolute Gasteiger partial charge is 0.416 e. The second-order valence-electron chi connectivity index (χ2n) is 10.9. The van der Waals surface area contributed by atoms with E-state index in [0.717, 1.165) is 57.2 Å². The maximum absolute atomic E-state index is 13.1. The van der Waals surface area contributed by atoms with Crippen molar-refractivity contribution in [3.63, 3.8) is 0 Å². The molecule has 1 N–H and O–H groups in total. The van der Waals surface area contributed by atoms with Gasteiger partial charge in [0.25, 0.3) is 5.56 Å². The molecule has 0 radical (unpaired) electrons. The van der Waals surface area contributed by atoms with E-state index in [1.165, 1.54) is 16.8 Å². The van der Waals surface area contributed by atoms with E-state index >= 15 is 0 Å². The highest BCUT2D eigenvalue weighted by Gasteiger charge is 2.37. The number of nitrogens with one attached hydrogen (secondary N) is 1. The van der Waals surface area contributed by atoms with Gasteiger partial charge in [-0.05, 0) is 81.0 Å². The fourth-order valence-corrected chi connectivity index (χ4v) is 6.04. The lowest BCUT2D eigenvalue weighted by atomic mass is 9.89. The first-order valence-electron chi connectivity index (χ1n) is 13.2. The first kappa shape index (κ1) is 26.4. The molecule has 0 amide bonds. The van der Waals surface area contributed by atoms with Crippen LogP contribution in [-0.2, 0) is 10.9 Å². The van der Waals surface area contributed by atoms with Crippen LogP contribution in [0.2, 0.25) is 5.02 Å². The second kappa shape index (κ2) is 10.8. The molecule has 2 heterocycles. The Kier molecular flexibility index (Phi) is 7.73. The van der Waals surface area contributed by atoms with Crippen molar-refractivity contribution in [2.75, 3.05) is 30.0 Å². The molecule has 0 unspecified atom stereocenters. The van der Waals surface area contributed by atoms with Gasteiger partial charge < -0.3 is 15.0 Å². The first-order chi connectivity index (χ1) is 17.7. The predicted molar refractivity (Wildman–Crippen MR) is 138 cm³/mol. The molecular formula is C27H34ClF3N4O2. The van der Waals surface area contributed by atoms with E-state index in [0.29, 0.717) is 36.7 Å². The summed E-state index contributed by atoms with van der Waals surface area (Å²) in [4.78, 5) is 15.4. The number of anilines is 2. The molecule has 2 saturated carbocycles. The Morgan fingerprint density at radius 1 is 1.08 bits per heavy atom. The standard InChI is InChI=1S/C27H34ClF3N4O2/c1-17-12-18(16-37-15-17)13-32-24-14-33-35(26(36)25(24)28)23-10-8-22(9-11-23)34(21-6-7-21)20-4-2-19(3-5-20)27(29,30)31/h2-5,14,17-18,21-23,32H,6-13,15-16H2,1H3/t17-,18+,22-,23-/m0/s1. The van der Waals surface area contributed by atoms with E-state index < -0.39 is 11.7 Å². The number of hydrogen-bond donors (Lipinski definition) is 1.